The second-order valence-electron chi connectivity index (χ2n) is 8.08. The normalized spacial score (nSPS) is 23.0. The molecule has 2 heterocycles. The molecule has 1 N–H and O–H groups in total. The summed E-state index contributed by atoms with van der Waals surface area (Å²) in [5.74, 6) is 0.854. The number of nitrogens with one attached hydrogen (secondary N) is 1. The van der Waals surface area contributed by atoms with Gasteiger partial charge in [0.2, 0.25) is 0 Å². The lowest BCUT2D eigenvalue weighted by Crippen LogP contribution is -2.52. The molecule has 4 rings (SSSR count). The standard InChI is InChI=1S/C21H30N4O3/c1-28-18-9-5-4-8-17(18)24-14-12-23(13-15-24)16-25-19(26)21(22-20(25)27)10-6-2-3-7-11-21/h4-5,8-9H,2-3,6-7,10-16H2,1H3,(H,22,27). The summed E-state index contributed by atoms with van der Waals surface area (Å²) >= 11 is 0. The third-order valence-corrected chi connectivity index (χ3v) is 6.34. The summed E-state index contributed by atoms with van der Waals surface area (Å²) in [5, 5.41) is 3.03. The average Bonchev–Trinajstić information content (AvgIpc) is 2.88. The molecule has 3 amide bonds. The van der Waals surface area contributed by atoms with Crippen LogP contribution in [0.15, 0.2) is 24.3 Å². The second kappa shape index (κ2) is 7.99. The Morgan fingerprint density at radius 2 is 1.68 bits per heavy atom. The fourth-order valence-electron chi connectivity index (χ4n) is 4.70. The Labute approximate surface area is 166 Å². The number of hydrogen-bond acceptors (Lipinski definition) is 5. The Hall–Kier alpha value is -2.28. The smallest absolute Gasteiger partial charge is 0.326 e. The molecule has 7 nitrogen and oxygen atoms in total. The van der Waals surface area contributed by atoms with Crippen molar-refractivity contribution in [2.75, 3.05) is 44.9 Å². The van der Waals surface area contributed by atoms with E-state index in [-0.39, 0.29) is 11.9 Å². The van der Waals surface area contributed by atoms with Crippen LogP contribution in [0.3, 0.4) is 0 Å². The largest absolute Gasteiger partial charge is 0.495 e. The van der Waals surface area contributed by atoms with Crippen molar-refractivity contribution in [3.63, 3.8) is 0 Å². The number of carbonyl (C=O) groups is 2. The van der Waals surface area contributed by atoms with Crippen LogP contribution in [0.1, 0.15) is 38.5 Å². The van der Waals surface area contributed by atoms with Crippen molar-refractivity contribution in [3.05, 3.63) is 24.3 Å². The molecule has 152 valence electrons. The highest BCUT2D eigenvalue weighted by Gasteiger charge is 2.51. The Morgan fingerprint density at radius 3 is 2.36 bits per heavy atom. The van der Waals surface area contributed by atoms with Crippen molar-refractivity contribution in [2.45, 2.75) is 44.1 Å². The molecule has 3 aliphatic rings. The Bertz CT molecular complexity index is 722. The topological polar surface area (TPSA) is 65.1 Å². The number of methoxy groups -OCH3 is 1. The summed E-state index contributed by atoms with van der Waals surface area (Å²) in [5.41, 5.74) is 0.448. The number of urea groups is 1. The van der Waals surface area contributed by atoms with E-state index in [0.29, 0.717) is 6.67 Å². The molecule has 28 heavy (non-hydrogen) atoms. The summed E-state index contributed by atoms with van der Waals surface area (Å²) in [4.78, 5) is 31.6. The summed E-state index contributed by atoms with van der Waals surface area (Å²) in [6.07, 6.45) is 5.87. The predicted octanol–water partition coefficient (Wildman–Crippen LogP) is 2.42. The van der Waals surface area contributed by atoms with Gasteiger partial charge in [-0.15, -0.1) is 0 Å². The highest BCUT2D eigenvalue weighted by molar-refractivity contribution is 6.07. The fourth-order valence-corrected chi connectivity index (χ4v) is 4.70. The van der Waals surface area contributed by atoms with E-state index in [2.05, 4.69) is 21.2 Å². The van der Waals surface area contributed by atoms with E-state index in [1.54, 1.807) is 7.11 Å². The maximum Gasteiger partial charge on any atom is 0.326 e. The first-order chi connectivity index (χ1) is 13.6. The molecule has 1 aromatic rings. The zero-order valence-corrected chi connectivity index (χ0v) is 16.7. The molecule has 0 radical (unpaired) electrons. The van der Waals surface area contributed by atoms with Crippen LogP contribution in [0.5, 0.6) is 5.75 Å². The maximum absolute atomic E-state index is 13.1. The van der Waals surface area contributed by atoms with E-state index in [1.165, 1.54) is 4.90 Å². The lowest BCUT2D eigenvalue weighted by molar-refractivity contribution is -0.133. The van der Waals surface area contributed by atoms with Crippen molar-refractivity contribution < 1.29 is 14.3 Å². The summed E-state index contributed by atoms with van der Waals surface area (Å²) < 4.78 is 5.47. The number of amides is 3. The van der Waals surface area contributed by atoms with Crippen molar-refractivity contribution in [2.24, 2.45) is 0 Å². The zero-order chi connectivity index (χ0) is 19.6. The van der Waals surface area contributed by atoms with Crippen LogP contribution in [0.4, 0.5) is 10.5 Å². The van der Waals surface area contributed by atoms with Crippen LogP contribution in [0, 0.1) is 0 Å². The lowest BCUT2D eigenvalue weighted by Gasteiger charge is -2.37. The van der Waals surface area contributed by atoms with Crippen molar-refractivity contribution in [1.29, 1.82) is 0 Å². The zero-order valence-electron chi connectivity index (χ0n) is 16.7. The van der Waals surface area contributed by atoms with E-state index in [9.17, 15) is 9.59 Å². The van der Waals surface area contributed by atoms with E-state index < -0.39 is 5.54 Å². The van der Waals surface area contributed by atoms with Crippen LogP contribution in [0.2, 0.25) is 0 Å². The first-order valence-corrected chi connectivity index (χ1v) is 10.4. The van der Waals surface area contributed by atoms with Crippen LogP contribution in [0.25, 0.3) is 0 Å². The van der Waals surface area contributed by atoms with Crippen LogP contribution < -0.4 is 15.0 Å². The van der Waals surface area contributed by atoms with E-state index in [4.69, 9.17) is 4.74 Å². The minimum Gasteiger partial charge on any atom is -0.495 e. The molecule has 0 atom stereocenters. The first kappa shape index (κ1) is 19.1. The van der Waals surface area contributed by atoms with E-state index in [0.717, 1.165) is 76.1 Å². The van der Waals surface area contributed by atoms with Crippen LogP contribution in [-0.4, -0.2) is 67.2 Å². The minimum atomic E-state index is -0.646. The molecule has 1 saturated carbocycles. The van der Waals surface area contributed by atoms with Gasteiger partial charge in [0.1, 0.15) is 11.3 Å². The number of carbonyl (C=O) groups excluding carboxylic acids is 2. The number of ether oxygens (including phenoxy) is 1. The molecule has 0 aromatic heterocycles. The van der Waals surface area contributed by atoms with Gasteiger partial charge in [0.15, 0.2) is 0 Å². The van der Waals surface area contributed by atoms with Gasteiger partial charge in [-0.05, 0) is 25.0 Å². The first-order valence-electron chi connectivity index (χ1n) is 10.4. The number of benzene rings is 1. The Balaban J connectivity index is 1.37. The van der Waals surface area contributed by atoms with Gasteiger partial charge in [0.05, 0.1) is 19.5 Å². The quantitative estimate of drug-likeness (QED) is 0.805. The third kappa shape index (κ3) is 3.55. The number of para-hydroxylation sites is 2. The van der Waals surface area contributed by atoms with Gasteiger partial charge in [0.25, 0.3) is 5.91 Å². The van der Waals surface area contributed by atoms with Crippen molar-refractivity contribution >= 4 is 17.6 Å². The second-order valence-corrected chi connectivity index (χ2v) is 8.08. The van der Waals surface area contributed by atoms with Gasteiger partial charge in [-0.3, -0.25) is 9.69 Å². The molecular formula is C21H30N4O3. The summed E-state index contributed by atoms with van der Waals surface area (Å²) in [6.45, 7) is 3.68. The van der Waals surface area contributed by atoms with E-state index in [1.807, 2.05) is 18.2 Å². The fraction of sp³-hybridized carbons (Fsp3) is 0.619. The lowest BCUT2D eigenvalue weighted by atomic mass is 9.90. The number of anilines is 1. The van der Waals surface area contributed by atoms with Gasteiger partial charge in [0, 0.05) is 26.2 Å². The van der Waals surface area contributed by atoms with Crippen LogP contribution in [-0.2, 0) is 4.79 Å². The summed E-state index contributed by atoms with van der Waals surface area (Å²) in [7, 11) is 1.69. The molecular weight excluding hydrogens is 356 g/mol. The molecule has 1 aromatic carbocycles. The SMILES string of the molecule is COc1ccccc1N1CCN(CN2C(=O)NC3(CCCCCC3)C2=O)CC1. The molecule has 1 spiro atoms. The average molecular weight is 386 g/mol. The molecule has 3 fully saturated rings. The maximum atomic E-state index is 13.1. The number of hydrogen-bond donors (Lipinski definition) is 1. The van der Waals surface area contributed by atoms with Gasteiger partial charge >= 0.3 is 6.03 Å². The number of piperazine rings is 1. The molecule has 2 aliphatic heterocycles. The predicted molar refractivity (Wildman–Crippen MR) is 107 cm³/mol. The minimum absolute atomic E-state index is 0.0217. The highest BCUT2D eigenvalue weighted by atomic mass is 16.5. The molecule has 1 aliphatic carbocycles. The van der Waals surface area contributed by atoms with Gasteiger partial charge < -0.3 is 15.0 Å². The Morgan fingerprint density at radius 1 is 1.00 bits per heavy atom. The molecule has 0 bridgehead atoms. The van der Waals surface area contributed by atoms with E-state index >= 15 is 0 Å². The number of imide groups is 1. The number of rotatable bonds is 4. The van der Waals surface area contributed by atoms with Crippen molar-refractivity contribution in [3.8, 4) is 5.75 Å². The summed E-state index contributed by atoms with van der Waals surface area (Å²) in [6, 6.07) is 7.81. The monoisotopic (exact) mass is 386 g/mol. The third-order valence-electron chi connectivity index (χ3n) is 6.34. The van der Waals surface area contributed by atoms with Gasteiger partial charge in [-0.2, -0.15) is 0 Å². The highest BCUT2D eigenvalue weighted by Crippen LogP contribution is 2.33. The Kier molecular flexibility index (Phi) is 5.44. The molecule has 0 unspecified atom stereocenters. The van der Waals surface area contributed by atoms with Crippen LogP contribution >= 0.6 is 0 Å². The van der Waals surface area contributed by atoms with Gasteiger partial charge in [-0.1, -0.05) is 37.8 Å². The van der Waals surface area contributed by atoms with Gasteiger partial charge in [-0.25, -0.2) is 9.69 Å². The molecule has 2 saturated heterocycles. The van der Waals surface area contributed by atoms with Crippen molar-refractivity contribution in [1.82, 2.24) is 15.1 Å². The number of nitrogens with zero attached hydrogens (tertiary/aromatic N) is 3. The molecule has 7 heteroatoms.